The Labute approximate surface area is 68.3 Å². The molecule has 0 saturated carbocycles. The summed E-state index contributed by atoms with van der Waals surface area (Å²) < 4.78 is 1.05. The van der Waals surface area contributed by atoms with Crippen LogP contribution in [0.5, 0.6) is 0 Å². The Kier molecular flexibility index (Phi) is 2.14. The highest BCUT2D eigenvalue weighted by Crippen LogP contribution is 1.94. The molecule has 0 aromatic carbocycles. The standard InChI is InChI=1S/C7H10N2O3/c1-4-3-9(5(2)10)7(12)8-6(4)11/h3,5,10H,1-2H3,(H,8,11,12). The van der Waals surface area contributed by atoms with E-state index in [1.807, 2.05) is 0 Å². The maximum absolute atomic E-state index is 11.0. The minimum Gasteiger partial charge on any atom is -0.373 e. The summed E-state index contributed by atoms with van der Waals surface area (Å²) in [6.07, 6.45) is 0.402. The van der Waals surface area contributed by atoms with Crippen molar-refractivity contribution in [3.05, 3.63) is 32.6 Å². The van der Waals surface area contributed by atoms with Gasteiger partial charge in [-0.25, -0.2) is 4.79 Å². The molecule has 0 aliphatic carbocycles. The summed E-state index contributed by atoms with van der Waals surface area (Å²) in [5, 5.41) is 9.06. The lowest BCUT2D eigenvalue weighted by Crippen LogP contribution is -2.32. The van der Waals surface area contributed by atoms with Crippen LogP contribution in [0.15, 0.2) is 15.8 Å². The number of H-pyrrole nitrogens is 1. The second kappa shape index (κ2) is 2.94. The van der Waals surface area contributed by atoms with E-state index >= 15 is 0 Å². The number of aromatic amines is 1. The van der Waals surface area contributed by atoms with Gasteiger partial charge in [-0.1, -0.05) is 0 Å². The van der Waals surface area contributed by atoms with Gasteiger partial charge >= 0.3 is 5.69 Å². The van der Waals surface area contributed by atoms with Crippen LogP contribution in [0, 0.1) is 6.92 Å². The van der Waals surface area contributed by atoms with E-state index in [1.54, 1.807) is 6.92 Å². The normalized spacial score (nSPS) is 12.9. The van der Waals surface area contributed by atoms with Crippen molar-refractivity contribution in [1.29, 1.82) is 0 Å². The van der Waals surface area contributed by atoms with Gasteiger partial charge in [0, 0.05) is 11.8 Å². The first-order valence-electron chi connectivity index (χ1n) is 3.52. The fourth-order valence-electron chi connectivity index (χ4n) is 0.864. The summed E-state index contributed by atoms with van der Waals surface area (Å²) in [5.41, 5.74) is -0.618. The largest absolute Gasteiger partial charge is 0.373 e. The molecular weight excluding hydrogens is 160 g/mol. The van der Waals surface area contributed by atoms with Crippen molar-refractivity contribution in [1.82, 2.24) is 9.55 Å². The van der Waals surface area contributed by atoms with Crippen molar-refractivity contribution in [2.75, 3.05) is 0 Å². The second-order valence-corrected chi connectivity index (χ2v) is 2.61. The number of rotatable bonds is 1. The van der Waals surface area contributed by atoms with E-state index < -0.39 is 17.5 Å². The lowest BCUT2D eigenvalue weighted by Gasteiger charge is -2.07. The molecular formula is C7H10N2O3. The average Bonchev–Trinajstić information content (AvgIpc) is 1.96. The molecule has 1 unspecified atom stereocenters. The van der Waals surface area contributed by atoms with Crippen molar-refractivity contribution in [3.8, 4) is 0 Å². The smallest absolute Gasteiger partial charge is 0.330 e. The Morgan fingerprint density at radius 1 is 1.58 bits per heavy atom. The monoisotopic (exact) mass is 170 g/mol. The van der Waals surface area contributed by atoms with Gasteiger partial charge in [-0.15, -0.1) is 0 Å². The van der Waals surface area contributed by atoms with Crippen LogP contribution in [0.3, 0.4) is 0 Å². The Morgan fingerprint density at radius 3 is 2.67 bits per heavy atom. The zero-order valence-electron chi connectivity index (χ0n) is 6.87. The topological polar surface area (TPSA) is 75.1 Å². The number of aryl methyl sites for hydroxylation is 1. The first kappa shape index (κ1) is 8.73. The van der Waals surface area contributed by atoms with Crippen molar-refractivity contribution in [2.45, 2.75) is 20.1 Å². The minimum absolute atomic E-state index is 0.399. The number of nitrogens with zero attached hydrogens (tertiary/aromatic N) is 1. The lowest BCUT2D eigenvalue weighted by molar-refractivity contribution is 0.118. The molecule has 0 radical (unpaired) electrons. The van der Waals surface area contributed by atoms with Crippen LogP contribution in [0.2, 0.25) is 0 Å². The summed E-state index contributed by atoms with van der Waals surface area (Å²) in [7, 11) is 0. The third-order valence-corrected chi connectivity index (χ3v) is 1.55. The zero-order valence-corrected chi connectivity index (χ0v) is 6.87. The predicted molar refractivity (Wildman–Crippen MR) is 43.0 cm³/mol. The molecule has 0 spiro atoms. The van der Waals surface area contributed by atoms with Crippen LogP contribution in [-0.4, -0.2) is 14.7 Å². The Balaban J connectivity index is 3.44. The quantitative estimate of drug-likeness (QED) is 0.588. The molecule has 5 nitrogen and oxygen atoms in total. The molecule has 0 aliphatic heterocycles. The van der Waals surface area contributed by atoms with Gasteiger partial charge in [0.15, 0.2) is 0 Å². The van der Waals surface area contributed by atoms with Gasteiger partial charge in [-0.2, -0.15) is 0 Å². The number of nitrogens with one attached hydrogen (secondary N) is 1. The Morgan fingerprint density at radius 2 is 2.17 bits per heavy atom. The molecule has 1 rings (SSSR count). The van der Waals surface area contributed by atoms with Crippen LogP contribution in [0.25, 0.3) is 0 Å². The van der Waals surface area contributed by atoms with E-state index in [0.717, 1.165) is 4.57 Å². The molecule has 0 saturated heterocycles. The van der Waals surface area contributed by atoms with Crippen molar-refractivity contribution in [2.24, 2.45) is 0 Å². The van der Waals surface area contributed by atoms with E-state index in [-0.39, 0.29) is 0 Å². The van der Waals surface area contributed by atoms with Crippen LogP contribution < -0.4 is 11.2 Å². The van der Waals surface area contributed by atoms with Crippen LogP contribution in [-0.2, 0) is 0 Å². The highest BCUT2D eigenvalue weighted by molar-refractivity contribution is 5.00. The molecule has 5 heteroatoms. The van der Waals surface area contributed by atoms with Crippen LogP contribution in [0.1, 0.15) is 18.7 Å². The van der Waals surface area contributed by atoms with E-state index in [9.17, 15) is 9.59 Å². The molecule has 2 N–H and O–H groups in total. The lowest BCUT2D eigenvalue weighted by atomic mass is 10.4. The molecule has 1 atom stereocenters. The molecule has 1 aromatic heterocycles. The molecule has 1 aromatic rings. The molecule has 1 heterocycles. The fraction of sp³-hybridized carbons (Fsp3) is 0.429. The summed E-state index contributed by atoms with van der Waals surface area (Å²) in [6, 6.07) is 0. The fourth-order valence-corrected chi connectivity index (χ4v) is 0.864. The first-order valence-corrected chi connectivity index (χ1v) is 3.52. The number of hydrogen-bond donors (Lipinski definition) is 2. The summed E-state index contributed by atoms with van der Waals surface area (Å²) in [5.74, 6) is 0. The van der Waals surface area contributed by atoms with Gasteiger partial charge in [-0.3, -0.25) is 14.3 Å². The Bertz CT molecular complexity index is 388. The van der Waals surface area contributed by atoms with Gasteiger partial charge in [-0.05, 0) is 13.8 Å². The third-order valence-electron chi connectivity index (χ3n) is 1.55. The summed E-state index contributed by atoms with van der Waals surface area (Å²) >= 11 is 0. The minimum atomic E-state index is -0.923. The molecule has 66 valence electrons. The van der Waals surface area contributed by atoms with E-state index in [1.165, 1.54) is 13.1 Å². The molecule has 0 amide bonds. The number of aliphatic hydroxyl groups excluding tert-OH is 1. The molecule has 0 bridgehead atoms. The van der Waals surface area contributed by atoms with Crippen molar-refractivity contribution < 1.29 is 5.11 Å². The van der Waals surface area contributed by atoms with Crippen LogP contribution >= 0.6 is 0 Å². The zero-order chi connectivity index (χ0) is 9.30. The predicted octanol–water partition coefficient (Wildman–Crippen LogP) is -0.644. The number of aliphatic hydroxyl groups is 1. The van der Waals surface area contributed by atoms with Gasteiger partial charge in [0.2, 0.25) is 0 Å². The highest BCUT2D eigenvalue weighted by Gasteiger charge is 2.03. The Hall–Kier alpha value is -1.36. The number of hydrogen-bond acceptors (Lipinski definition) is 3. The van der Waals surface area contributed by atoms with E-state index in [0.29, 0.717) is 5.56 Å². The molecule has 0 fully saturated rings. The van der Waals surface area contributed by atoms with Crippen molar-refractivity contribution in [3.63, 3.8) is 0 Å². The van der Waals surface area contributed by atoms with Gasteiger partial charge in [0.05, 0.1) is 0 Å². The van der Waals surface area contributed by atoms with E-state index in [4.69, 9.17) is 5.11 Å². The molecule has 12 heavy (non-hydrogen) atoms. The van der Waals surface area contributed by atoms with Crippen LogP contribution in [0.4, 0.5) is 0 Å². The van der Waals surface area contributed by atoms with Gasteiger partial charge < -0.3 is 5.11 Å². The SMILES string of the molecule is Cc1cn(C(C)O)c(=O)[nH]c1=O. The maximum Gasteiger partial charge on any atom is 0.330 e. The number of aromatic nitrogens is 2. The summed E-state index contributed by atoms with van der Waals surface area (Å²) in [4.78, 5) is 23.9. The molecule has 0 aliphatic rings. The average molecular weight is 170 g/mol. The summed E-state index contributed by atoms with van der Waals surface area (Å²) in [6.45, 7) is 3.01. The van der Waals surface area contributed by atoms with E-state index in [2.05, 4.69) is 4.98 Å². The first-order chi connectivity index (χ1) is 5.52. The third kappa shape index (κ3) is 1.45. The maximum atomic E-state index is 11.0. The van der Waals surface area contributed by atoms with Gasteiger partial charge in [0.25, 0.3) is 5.56 Å². The highest BCUT2D eigenvalue weighted by atomic mass is 16.3. The van der Waals surface area contributed by atoms with Crippen molar-refractivity contribution >= 4 is 0 Å². The second-order valence-electron chi connectivity index (χ2n) is 2.61. The van der Waals surface area contributed by atoms with Gasteiger partial charge in [0.1, 0.15) is 6.23 Å².